The molecular formula is C14H11F2N. The second-order valence-corrected chi connectivity index (χ2v) is 3.82. The Balaban J connectivity index is 3.05. The van der Waals surface area contributed by atoms with Gasteiger partial charge in [-0.1, -0.05) is 12.8 Å². The van der Waals surface area contributed by atoms with Crippen LogP contribution in [0.15, 0.2) is 18.2 Å². The molecule has 0 unspecified atom stereocenters. The average molecular weight is 231 g/mol. The Bertz CT molecular complexity index is 639. The molecule has 3 heteroatoms. The molecule has 0 radical (unpaired) electrons. The topological polar surface area (TPSA) is 26.0 Å². The van der Waals surface area contributed by atoms with Crippen molar-refractivity contribution in [2.24, 2.45) is 0 Å². The first kappa shape index (κ1) is 11.4. The summed E-state index contributed by atoms with van der Waals surface area (Å²) in [5, 5.41) is 0.720. The Morgan fingerprint density at radius 3 is 2.53 bits per heavy atom. The van der Waals surface area contributed by atoms with Crippen LogP contribution in [0.3, 0.4) is 0 Å². The lowest BCUT2D eigenvalue weighted by atomic mass is 9.96. The molecule has 2 aromatic carbocycles. The highest BCUT2D eigenvalue weighted by molar-refractivity contribution is 5.94. The molecular weight excluding hydrogens is 220 g/mol. The molecule has 2 N–H and O–H groups in total. The van der Waals surface area contributed by atoms with E-state index in [0.717, 1.165) is 11.6 Å². The lowest BCUT2D eigenvalue weighted by molar-refractivity contribution is 0.590. The molecule has 0 saturated heterocycles. The fourth-order valence-electron chi connectivity index (χ4n) is 2.01. The zero-order valence-electron chi connectivity index (χ0n) is 9.35. The minimum atomic E-state index is -0.711. The number of nitrogens with two attached hydrogens (primary N) is 1. The van der Waals surface area contributed by atoms with E-state index in [1.165, 1.54) is 6.07 Å². The highest BCUT2D eigenvalue weighted by Crippen LogP contribution is 2.30. The van der Waals surface area contributed by atoms with Crippen molar-refractivity contribution in [2.75, 3.05) is 5.73 Å². The number of terminal acetylenes is 1. The van der Waals surface area contributed by atoms with Crippen molar-refractivity contribution in [1.82, 2.24) is 0 Å². The van der Waals surface area contributed by atoms with Crippen LogP contribution in [0, 0.1) is 24.0 Å². The Morgan fingerprint density at radius 1 is 1.24 bits per heavy atom. The van der Waals surface area contributed by atoms with Crippen LogP contribution in [0.2, 0.25) is 0 Å². The van der Waals surface area contributed by atoms with E-state index in [1.807, 2.05) is 6.92 Å². The van der Waals surface area contributed by atoms with Gasteiger partial charge in [-0.2, -0.15) is 0 Å². The molecule has 17 heavy (non-hydrogen) atoms. The van der Waals surface area contributed by atoms with Gasteiger partial charge in [-0.15, -0.1) is 6.42 Å². The average Bonchev–Trinajstić information content (AvgIpc) is 2.29. The number of nitrogen functional groups attached to an aromatic ring is 1. The number of hydrogen-bond acceptors (Lipinski definition) is 1. The number of rotatable bonds is 1. The summed E-state index contributed by atoms with van der Waals surface area (Å²) in [6.07, 6.45) is 5.89. The first-order valence-electron chi connectivity index (χ1n) is 5.25. The molecule has 1 nitrogen and oxygen atoms in total. The van der Waals surface area contributed by atoms with Gasteiger partial charge in [0.25, 0.3) is 0 Å². The van der Waals surface area contributed by atoms with Gasteiger partial charge in [-0.3, -0.25) is 0 Å². The van der Waals surface area contributed by atoms with Crippen LogP contribution in [0.4, 0.5) is 14.5 Å². The number of halogens is 2. The monoisotopic (exact) mass is 231 g/mol. The van der Waals surface area contributed by atoms with Gasteiger partial charge in [0.1, 0.15) is 11.6 Å². The molecule has 0 aliphatic rings. The molecule has 0 aliphatic heterocycles. The highest BCUT2D eigenvalue weighted by atomic mass is 19.1. The van der Waals surface area contributed by atoms with Crippen molar-refractivity contribution in [2.45, 2.75) is 13.3 Å². The maximum absolute atomic E-state index is 13.7. The van der Waals surface area contributed by atoms with Crippen molar-refractivity contribution < 1.29 is 8.78 Å². The Morgan fingerprint density at radius 2 is 1.94 bits per heavy atom. The maximum atomic E-state index is 13.7. The van der Waals surface area contributed by atoms with Crippen LogP contribution in [0.25, 0.3) is 10.8 Å². The Kier molecular flexibility index (Phi) is 2.72. The van der Waals surface area contributed by atoms with Crippen LogP contribution in [0.5, 0.6) is 0 Å². The molecule has 0 aliphatic carbocycles. The summed E-state index contributed by atoms with van der Waals surface area (Å²) in [5.41, 5.74) is 6.99. The van der Waals surface area contributed by atoms with Gasteiger partial charge in [0.05, 0.1) is 5.56 Å². The number of aryl methyl sites for hydroxylation is 1. The van der Waals surface area contributed by atoms with Gasteiger partial charge in [-0.05, 0) is 24.1 Å². The second kappa shape index (κ2) is 4.06. The smallest absolute Gasteiger partial charge is 0.142 e. The summed E-state index contributed by atoms with van der Waals surface area (Å²) in [5.74, 6) is 0.926. The summed E-state index contributed by atoms with van der Waals surface area (Å²) in [7, 11) is 0. The van der Waals surface area contributed by atoms with E-state index in [0.29, 0.717) is 17.5 Å². The van der Waals surface area contributed by atoms with Crippen LogP contribution >= 0.6 is 0 Å². The molecule has 0 atom stereocenters. The predicted molar refractivity (Wildman–Crippen MR) is 65.6 cm³/mol. The zero-order chi connectivity index (χ0) is 12.6. The Labute approximate surface area is 98.2 Å². The maximum Gasteiger partial charge on any atom is 0.142 e. The van der Waals surface area contributed by atoms with Gasteiger partial charge < -0.3 is 5.73 Å². The van der Waals surface area contributed by atoms with E-state index in [2.05, 4.69) is 5.92 Å². The lowest BCUT2D eigenvalue weighted by Gasteiger charge is -2.10. The van der Waals surface area contributed by atoms with Crippen molar-refractivity contribution in [3.8, 4) is 12.3 Å². The molecule has 0 amide bonds. The molecule has 0 fully saturated rings. The molecule has 0 aromatic heterocycles. The summed E-state index contributed by atoms with van der Waals surface area (Å²) >= 11 is 0. The van der Waals surface area contributed by atoms with Crippen molar-refractivity contribution in [3.63, 3.8) is 0 Å². The van der Waals surface area contributed by atoms with Crippen molar-refractivity contribution in [1.29, 1.82) is 0 Å². The Hall–Kier alpha value is -2.08. The fourth-order valence-corrected chi connectivity index (χ4v) is 2.01. The van der Waals surface area contributed by atoms with Crippen LogP contribution in [-0.4, -0.2) is 0 Å². The quantitative estimate of drug-likeness (QED) is 0.591. The highest BCUT2D eigenvalue weighted by Gasteiger charge is 2.14. The van der Waals surface area contributed by atoms with E-state index in [4.69, 9.17) is 12.2 Å². The molecule has 86 valence electrons. The van der Waals surface area contributed by atoms with Crippen molar-refractivity contribution >= 4 is 16.5 Å². The minimum Gasteiger partial charge on any atom is -0.399 e. The molecule has 0 saturated carbocycles. The third-order valence-electron chi connectivity index (χ3n) is 2.77. The molecule has 2 rings (SSSR count). The van der Waals surface area contributed by atoms with Gasteiger partial charge >= 0.3 is 0 Å². The van der Waals surface area contributed by atoms with Gasteiger partial charge in [-0.25, -0.2) is 8.78 Å². The van der Waals surface area contributed by atoms with E-state index in [9.17, 15) is 8.78 Å². The van der Waals surface area contributed by atoms with E-state index >= 15 is 0 Å². The number of benzene rings is 2. The van der Waals surface area contributed by atoms with Gasteiger partial charge in [0.2, 0.25) is 0 Å². The molecule has 0 spiro atoms. The fraction of sp³-hybridized carbons (Fsp3) is 0.143. The first-order chi connectivity index (χ1) is 8.08. The van der Waals surface area contributed by atoms with Crippen molar-refractivity contribution in [3.05, 3.63) is 41.0 Å². The van der Waals surface area contributed by atoms with Gasteiger partial charge in [0, 0.05) is 22.5 Å². The van der Waals surface area contributed by atoms with E-state index < -0.39 is 11.6 Å². The summed E-state index contributed by atoms with van der Waals surface area (Å²) in [6, 6.07) is 3.97. The van der Waals surface area contributed by atoms with Gasteiger partial charge in [0.15, 0.2) is 0 Å². The summed E-state index contributed by atoms with van der Waals surface area (Å²) in [4.78, 5) is 0. The third-order valence-corrected chi connectivity index (χ3v) is 2.77. The SMILES string of the molecule is C#Cc1c(F)cc(F)c2cc(N)cc(CC)c12. The summed E-state index contributed by atoms with van der Waals surface area (Å²) in [6.45, 7) is 1.89. The largest absolute Gasteiger partial charge is 0.399 e. The number of fused-ring (bicyclic) bond motifs is 1. The third kappa shape index (κ3) is 1.72. The first-order valence-corrected chi connectivity index (χ1v) is 5.25. The molecule has 0 heterocycles. The molecule has 0 bridgehead atoms. The molecule has 2 aromatic rings. The summed E-state index contributed by atoms with van der Waals surface area (Å²) < 4.78 is 27.3. The normalized spacial score (nSPS) is 10.5. The lowest BCUT2D eigenvalue weighted by Crippen LogP contribution is -1.97. The number of anilines is 1. The standard InChI is InChI=1S/C14H11F2N/c1-3-8-5-9(17)6-11-13(16)7-12(15)10(4-2)14(8)11/h2,5-7H,3,17H2,1H3. The van der Waals surface area contributed by atoms with E-state index in [1.54, 1.807) is 6.07 Å². The number of hydrogen-bond donors (Lipinski definition) is 1. The predicted octanol–water partition coefficient (Wildman–Crippen LogP) is 3.24. The zero-order valence-corrected chi connectivity index (χ0v) is 9.35. The second-order valence-electron chi connectivity index (χ2n) is 3.82. The van der Waals surface area contributed by atoms with Crippen LogP contribution in [-0.2, 0) is 6.42 Å². The van der Waals surface area contributed by atoms with E-state index in [-0.39, 0.29) is 10.9 Å². The minimum absolute atomic E-state index is 0.0956. The van der Waals surface area contributed by atoms with Crippen LogP contribution < -0.4 is 5.73 Å². The van der Waals surface area contributed by atoms with Crippen LogP contribution in [0.1, 0.15) is 18.1 Å².